The Morgan fingerprint density at radius 1 is 1.11 bits per heavy atom. The number of nitrogens with zero attached hydrogens (tertiary/aromatic N) is 1. The third kappa shape index (κ3) is 7.99. The number of hydrogen-bond donors (Lipinski definition) is 1. The van der Waals surface area contributed by atoms with Gasteiger partial charge in [0.2, 0.25) is 0 Å². The van der Waals surface area contributed by atoms with E-state index in [9.17, 15) is 14.4 Å². The molecule has 204 valence electrons. The molecule has 1 unspecified atom stereocenters. The van der Waals surface area contributed by atoms with Gasteiger partial charge in [-0.3, -0.25) is 14.5 Å². The Kier molecular flexibility index (Phi) is 9.39. The minimum Gasteiger partial charge on any atom is -0.487 e. The fourth-order valence-corrected chi connectivity index (χ4v) is 3.95. The Bertz CT molecular complexity index is 1190. The second-order valence-corrected chi connectivity index (χ2v) is 10.1. The third-order valence-electron chi connectivity index (χ3n) is 5.74. The van der Waals surface area contributed by atoms with Crippen molar-refractivity contribution in [3.05, 3.63) is 65.4 Å². The standard InChI is InChI=1S/C29H36N2O7/c1-19(12-13-27(33)35-6)30-24-14-23-22(18-36-20(2)32)16-31(28(34)38-29(3,4)5)25(23)15-26(24)37-17-21-10-8-7-9-11-21/h7-12,14-15,22,30H,13,16-18H2,1-6H3. The SMILES string of the molecule is COC(=O)CC=C(C)Nc1cc2c(cc1OCc1ccccc1)N(C(=O)OC(C)(C)C)CC2COC(C)=O. The number of benzene rings is 2. The van der Waals surface area contributed by atoms with E-state index in [4.69, 9.17) is 18.9 Å². The zero-order chi connectivity index (χ0) is 27.9. The first-order valence-corrected chi connectivity index (χ1v) is 12.5. The number of esters is 2. The van der Waals surface area contributed by atoms with Crippen molar-refractivity contribution in [2.24, 2.45) is 0 Å². The molecular weight excluding hydrogens is 488 g/mol. The molecule has 0 radical (unpaired) electrons. The molecule has 1 aliphatic heterocycles. The highest BCUT2D eigenvalue weighted by Gasteiger charge is 2.37. The minimum atomic E-state index is -0.680. The Morgan fingerprint density at radius 3 is 2.45 bits per heavy atom. The Balaban J connectivity index is 2.01. The molecule has 0 saturated heterocycles. The minimum absolute atomic E-state index is 0.113. The van der Waals surface area contributed by atoms with Gasteiger partial charge in [0.25, 0.3) is 0 Å². The summed E-state index contributed by atoms with van der Waals surface area (Å²) >= 11 is 0. The molecule has 0 fully saturated rings. The van der Waals surface area contributed by atoms with Gasteiger partial charge in [-0.2, -0.15) is 0 Å². The number of fused-ring (bicyclic) bond motifs is 1. The monoisotopic (exact) mass is 524 g/mol. The van der Waals surface area contributed by atoms with Crippen LogP contribution in [-0.4, -0.2) is 43.9 Å². The average molecular weight is 525 g/mol. The van der Waals surface area contributed by atoms with Gasteiger partial charge in [-0.05, 0) is 44.9 Å². The van der Waals surface area contributed by atoms with Crippen LogP contribution in [0.1, 0.15) is 58.1 Å². The summed E-state index contributed by atoms with van der Waals surface area (Å²) in [7, 11) is 1.34. The van der Waals surface area contributed by atoms with Crippen LogP contribution in [0.3, 0.4) is 0 Å². The lowest BCUT2D eigenvalue weighted by Crippen LogP contribution is -2.36. The van der Waals surface area contributed by atoms with E-state index < -0.39 is 17.7 Å². The van der Waals surface area contributed by atoms with Gasteiger partial charge < -0.3 is 24.3 Å². The molecule has 3 rings (SSSR count). The van der Waals surface area contributed by atoms with E-state index >= 15 is 0 Å². The quantitative estimate of drug-likeness (QED) is 0.337. The van der Waals surface area contributed by atoms with Crippen molar-refractivity contribution in [2.75, 3.05) is 30.5 Å². The number of carbonyl (C=O) groups excluding carboxylic acids is 3. The number of hydrogen-bond acceptors (Lipinski definition) is 8. The molecular formula is C29H36N2O7. The molecule has 1 atom stereocenters. The normalized spacial score (nSPS) is 14.9. The number of nitrogens with one attached hydrogen (secondary N) is 1. The summed E-state index contributed by atoms with van der Waals surface area (Å²) in [4.78, 5) is 37.8. The first kappa shape index (κ1) is 28.6. The maximum Gasteiger partial charge on any atom is 0.414 e. The number of carbonyl (C=O) groups is 3. The summed E-state index contributed by atoms with van der Waals surface area (Å²) in [6, 6.07) is 13.4. The maximum absolute atomic E-state index is 13.1. The van der Waals surface area contributed by atoms with E-state index in [1.165, 1.54) is 14.0 Å². The highest BCUT2D eigenvalue weighted by molar-refractivity contribution is 5.92. The van der Waals surface area contributed by atoms with Crippen LogP contribution >= 0.6 is 0 Å². The molecule has 0 saturated carbocycles. The third-order valence-corrected chi connectivity index (χ3v) is 5.74. The van der Waals surface area contributed by atoms with E-state index in [0.29, 0.717) is 23.7 Å². The number of anilines is 2. The number of allylic oxidation sites excluding steroid dienone is 1. The second-order valence-electron chi connectivity index (χ2n) is 10.1. The van der Waals surface area contributed by atoms with Crippen molar-refractivity contribution in [3.63, 3.8) is 0 Å². The molecule has 0 spiro atoms. The van der Waals surface area contributed by atoms with E-state index in [1.54, 1.807) is 17.0 Å². The van der Waals surface area contributed by atoms with Gasteiger partial charge in [-0.25, -0.2) is 4.79 Å². The van der Waals surface area contributed by atoms with Crippen LogP contribution in [-0.2, 0) is 30.4 Å². The summed E-state index contributed by atoms with van der Waals surface area (Å²) < 4.78 is 21.9. The first-order chi connectivity index (χ1) is 18.0. The van der Waals surface area contributed by atoms with E-state index in [-0.39, 0.29) is 31.5 Å². The average Bonchev–Trinajstić information content (AvgIpc) is 3.21. The molecule has 9 nitrogen and oxygen atoms in total. The summed E-state index contributed by atoms with van der Waals surface area (Å²) in [5, 5.41) is 3.31. The lowest BCUT2D eigenvalue weighted by Gasteiger charge is -2.25. The molecule has 1 N–H and O–H groups in total. The summed E-state index contributed by atoms with van der Waals surface area (Å²) in [5.74, 6) is -0.496. The topological polar surface area (TPSA) is 103 Å². The van der Waals surface area contributed by atoms with Gasteiger partial charge in [0, 0.05) is 31.1 Å². The van der Waals surface area contributed by atoms with Gasteiger partial charge in [0.1, 0.15) is 18.0 Å². The maximum atomic E-state index is 13.1. The largest absolute Gasteiger partial charge is 0.487 e. The molecule has 1 amide bonds. The van der Waals surface area contributed by atoms with Crippen LogP contribution in [0.4, 0.5) is 16.2 Å². The van der Waals surface area contributed by atoms with Crippen molar-refractivity contribution in [2.45, 2.75) is 59.2 Å². The zero-order valence-corrected chi connectivity index (χ0v) is 22.8. The number of rotatable bonds is 9. The van der Waals surface area contributed by atoms with Crippen LogP contribution in [0.25, 0.3) is 0 Å². The van der Waals surface area contributed by atoms with Crippen LogP contribution < -0.4 is 15.0 Å². The summed E-state index contributed by atoms with van der Waals surface area (Å²) in [6.45, 7) is 9.32. The van der Waals surface area contributed by atoms with Crippen LogP contribution in [0.15, 0.2) is 54.2 Å². The molecule has 2 aromatic carbocycles. The predicted octanol–water partition coefficient (Wildman–Crippen LogP) is 5.55. The number of amides is 1. The molecule has 2 aromatic rings. The molecule has 38 heavy (non-hydrogen) atoms. The highest BCUT2D eigenvalue weighted by atomic mass is 16.6. The molecule has 1 aliphatic rings. The fraction of sp³-hybridized carbons (Fsp3) is 0.414. The van der Waals surface area contributed by atoms with E-state index in [2.05, 4.69) is 5.32 Å². The van der Waals surface area contributed by atoms with Crippen LogP contribution in [0.2, 0.25) is 0 Å². The fourth-order valence-electron chi connectivity index (χ4n) is 3.95. The summed E-state index contributed by atoms with van der Waals surface area (Å²) in [5.41, 5.74) is 3.11. The Hall–Kier alpha value is -4.01. The molecule has 1 heterocycles. The van der Waals surface area contributed by atoms with Crippen LogP contribution in [0.5, 0.6) is 5.75 Å². The van der Waals surface area contributed by atoms with Crippen molar-refractivity contribution in [3.8, 4) is 5.75 Å². The highest BCUT2D eigenvalue weighted by Crippen LogP contribution is 2.44. The molecule has 9 heteroatoms. The van der Waals surface area contributed by atoms with Crippen molar-refractivity contribution < 1.29 is 33.3 Å². The van der Waals surface area contributed by atoms with E-state index in [1.807, 2.05) is 64.1 Å². The molecule has 0 bridgehead atoms. The lowest BCUT2D eigenvalue weighted by atomic mass is 10.0. The smallest absolute Gasteiger partial charge is 0.414 e. The van der Waals surface area contributed by atoms with E-state index in [0.717, 1.165) is 16.8 Å². The van der Waals surface area contributed by atoms with Crippen molar-refractivity contribution in [1.82, 2.24) is 0 Å². The first-order valence-electron chi connectivity index (χ1n) is 12.5. The molecule has 0 aliphatic carbocycles. The van der Waals surface area contributed by atoms with Crippen molar-refractivity contribution >= 4 is 29.4 Å². The number of ether oxygens (including phenoxy) is 4. The second kappa shape index (κ2) is 12.5. The Labute approximate surface area is 223 Å². The zero-order valence-electron chi connectivity index (χ0n) is 22.8. The van der Waals surface area contributed by atoms with Gasteiger partial charge in [-0.1, -0.05) is 36.4 Å². The molecule has 0 aromatic heterocycles. The van der Waals surface area contributed by atoms with Gasteiger partial charge >= 0.3 is 18.0 Å². The van der Waals surface area contributed by atoms with Gasteiger partial charge in [-0.15, -0.1) is 0 Å². The summed E-state index contributed by atoms with van der Waals surface area (Å²) in [6.07, 6.45) is 1.35. The predicted molar refractivity (Wildman–Crippen MR) is 144 cm³/mol. The van der Waals surface area contributed by atoms with Crippen molar-refractivity contribution in [1.29, 1.82) is 0 Å². The lowest BCUT2D eigenvalue weighted by molar-refractivity contribution is -0.141. The van der Waals surface area contributed by atoms with Gasteiger partial charge in [0.05, 0.1) is 31.5 Å². The number of methoxy groups -OCH3 is 1. The van der Waals surface area contributed by atoms with Crippen LogP contribution in [0, 0.1) is 0 Å². The Morgan fingerprint density at radius 2 is 1.82 bits per heavy atom. The van der Waals surface area contributed by atoms with Gasteiger partial charge in [0.15, 0.2) is 0 Å².